The molecule has 0 aliphatic heterocycles. The Morgan fingerprint density at radius 3 is 1.13 bits per heavy atom. The first-order chi connectivity index (χ1) is 51.3. The van der Waals surface area contributed by atoms with Gasteiger partial charge in [0, 0.05) is 30.4 Å². The van der Waals surface area contributed by atoms with Crippen LogP contribution in [0.15, 0.2) is 109 Å². The van der Waals surface area contributed by atoms with Crippen molar-refractivity contribution in [2.24, 2.45) is 75.4 Å². The molecule has 4 aromatic rings. The van der Waals surface area contributed by atoms with Crippen molar-refractivity contribution in [1.29, 1.82) is 0 Å². The van der Waals surface area contributed by atoms with Crippen LogP contribution in [0.3, 0.4) is 0 Å². The van der Waals surface area contributed by atoms with Crippen molar-refractivity contribution in [3.8, 4) is 0 Å². The van der Waals surface area contributed by atoms with E-state index in [-0.39, 0.29) is 52.6 Å². The van der Waals surface area contributed by atoms with Crippen molar-refractivity contribution in [3.63, 3.8) is 0 Å². The molecule has 0 saturated heterocycles. The zero-order chi connectivity index (χ0) is 80.3. The molecule has 0 heterocycles. The van der Waals surface area contributed by atoms with Gasteiger partial charge in [-0.1, -0.05) is 378 Å². The summed E-state index contributed by atoms with van der Waals surface area (Å²) in [7, 11) is 0.674. The van der Waals surface area contributed by atoms with E-state index in [0.29, 0.717) is 32.9 Å². The van der Waals surface area contributed by atoms with Gasteiger partial charge in [-0.15, -0.1) is 0 Å². The smallest absolute Gasteiger partial charge is 1.00 e. The second-order valence-electron chi connectivity index (χ2n) is 47.1. The fourth-order valence-corrected chi connectivity index (χ4v) is 72.2. The van der Waals surface area contributed by atoms with Crippen molar-refractivity contribution >= 4 is 122 Å². The zero-order valence-electron chi connectivity index (χ0n) is 79.1. The maximum absolute atomic E-state index is 6.86. The molecule has 0 amide bonds. The van der Waals surface area contributed by atoms with E-state index in [9.17, 15) is 0 Å². The molecule has 8 fully saturated rings. The quantitative estimate of drug-likeness (QED) is 0.0671. The van der Waals surface area contributed by atoms with Crippen molar-refractivity contribution in [3.05, 3.63) is 146 Å². The first kappa shape index (κ1) is 102. The first-order valence-corrected chi connectivity index (χ1v) is 81.6. The van der Waals surface area contributed by atoms with E-state index < -0.39 is 80.9 Å². The minimum absolute atomic E-state index is 0. The maximum atomic E-state index is 6.86. The van der Waals surface area contributed by atoms with Gasteiger partial charge in [-0.2, -0.15) is 11.1 Å². The van der Waals surface area contributed by atoms with Crippen LogP contribution in [0.1, 0.15) is 256 Å². The summed E-state index contributed by atoms with van der Waals surface area (Å²) in [5.41, 5.74) is 15.5. The van der Waals surface area contributed by atoms with E-state index in [0.717, 1.165) is 70.3 Å². The van der Waals surface area contributed by atoms with Crippen molar-refractivity contribution in [2.45, 2.75) is 366 Å². The summed E-state index contributed by atoms with van der Waals surface area (Å²) >= 11 is 6.03. The normalized spacial score (nSPS) is 29.9. The predicted octanol–water partition coefficient (Wildman–Crippen LogP) is 28.5. The summed E-state index contributed by atoms with van der Waals surface area (Å²) < 4.78 is 0. The SMILES string of the molecule is CC(C)(C)CC1=CC([Si](C)(C)[Si](C)(C)C2C=Cc3c2ccc2ccccc32)C=C1.CC(C)(C)CC1CCC([Si](C)(C)[Si](C)(C)C2CCC3C4CCCCC4CCC32)C1.CC(C)(C)CC1CCC([Si](C)(C)[Si](C)(C)C2CCC3C4CCCCC4CCC32)C1.C[Si](C)(Cl)[Si](C)(C)C1C=Cc2c1ccc1ccccc21.[CH3-].[CH3-].[Cl][Zr+2][Cl].[Li+].[Li+]. The molecule has 11 aliphatic rings. The van der Waals surface area contributed by atoms with Gasteiger partial charge in [0.25, 0.3) is 0 Å². The van der Waals surface area contributed by atoms with E-state index in [4.69, 9.17) is 28.1 Å². The number of fused-ring (bicyclic) bond motifs is 12. The molecule has 0 aromatic heterocycles. The number of hydrogen-bond acceptors (Lipinski definition) is 0. The largest absolute Gasteiger partial charge is 1.00 e. The Bertz CT molecular complexity index is 3800. The zero-order valence-corrected chi connectivity index (χ0v) is 91.8. The van der Waals surface area contributed by atoms with Gasteiger partial charge in [0.05, 0.1) is 22.8 Å². The molecule has 4 aromatic carbocycles. The van der Waals surface area contributed by atoms with E-state index in [1.807, 2.05) is 0 Å². The van der Waals surface area contributed by atoms with Gasteiger partial charge < -0.3 is 14.9 Å². The van der Waals surface area contributed by atoms with Crippen LogP contribution >= 0.6 is 28.1 Å². The molecule has 8 saturated carbocycles. The maximum Gasteiger partial charge on any atom is 1.00 e. The van der Waals surface area contributed by atoms with Crippen LogP contribution in [0.25, 0.3) is 33.7 Å². The average Bonchev–Trinajstić information content (AvgIpc) is 1.58. The number of allylic oxidation sites excluding steroid dienone is 6. The fourth-order valence-electron chi connectivity index (χ4n) is 26.9. The van der Waals surface area contributed by atoms with Crippen LogP contribution in [0.2, 0.25) is 132 Å². The molecule has 0 radical (unpaired) electrons. The summed E-state index contributed by atoms with van der Waals surface area (Å²) in [5.74, 6) is 11.2. The Balaban J connectivity index is 0.000000207. The summed E-state index contributed by atoms with van der Waals surface area (Å²) in [6, 6.07) is 26.9. The third-order valence-electron chi connectivity index (χ3n) is 35.5. The summed E-state index contributed by atoms with van der Waals surface area (Å²) in [5, 5.41) is 5.49. The molecule has 0 spiro atoms. The third-order valence-corrected chi connectivity index (χ3v) is 116. The Hall–Kier alpha value is 1.04. The van der Waals surface area contributed by atoms with Gasteiger partial charge in [-0.05, 0) is 229 Å². The Morgan fingerprint density at radius 2 is 0.746 bits per heavy atom. The van der Waals surface area contributed by atoms with Crippen molar-refractivity contribution in [1.82, 2.24) is 0 Å². The van der Waals surface area contributed by atoms with E-state index in [1.54, 1.807) is 152 Å². The van der Waals surface area contributed by atoms with Crippen LogP contribution in [0.4, 0.5) is 0 Å². The van der Waals surface area contributed by atoms with Gasteiger partial charge in [0.1, 0.15) is 6.90 Å². The second kappa shape index (κ2) is 40.4. The van der Waals surface area contributed by atoms with Crippen LogP contribution in [-0.2, 0) is 20.8 Å². The van der Waals surface area contributed by atoms with Crippen LogP contribution in [0, 0.1) is 90.3 Å². The van der Waals surface area contributed by atoms with E-state index >= 15 is 0 Å². The number of benzene rings is 4. The second-order valence-corrected chi connectivity index (χ2v) is 117. The summed E-state index contributed by atoms with van der Waals surface area (Å²) in [4.78, 5) is 0. The first-order valence-electron chi connectivity index (χ1n) is 45.7. The predicted molar refractivity (Wildman–Crippen MR) is 526 cm³/mol. The molecule has 624 valence electrons. The number of hydrogen-bond donors (Lipinski definition) is 0. The van der Waals surface area contributed by atoms with Gasteiger partial charge in [0.2, 0.25) is 0 Å². The van der Waals surface area contributed by atoms with Crippen molar-refractivity contribution < 1.29 is 58.6 Å². The van der Waals surface area contributed by atoms with Crippen LogP contribution < -0.4 is 37.7 Å². The molecule has 0 bridgehead atoms. The molecule has 0 nitrogen and oxygen atoms in total. The van der Waals surface area contributed by atoms with Gasteiger partial charge in [-0.25, -0.2) is 0 Å². The standard InChI is InChI=1S/2C27H52Si2.C27H36Si2.C17H21ClSi2.2CH3.2ClH.2Li.Zr/c3*1-27(2,3)19-20-12-14-22(18-20)28(4,5)29(6,7)26-17-16-24-23-11-9-8-10-21(23)13-15-25(24)26;1-19(2,20(3,4)18)17-12-11-15-14-8-6-5-7-13(14)9-10-16(15)17;;;;;;;/h2*20-26H,8-19H2,1-7H3;8-18,22,26H,19H2,1-7H3;5-12,17H,1-4H3;2*1H3;2*1H;;;/q;;;;2*-1;;;2*+1;+4/p-2. The monoisotopic (exact) mass is 1800 g/mol. The molecule has 14 heteroatoms. The average molecular weight is 1810 g/mol. The molecule has 11 aliphatic carbocycles. The fraction of sp³-hybridized carbons (Fsp3) is 0.700. The Labute approximate surface area is 759 Å². The molecule has 15 rings (SSSR count). The van der Waals surface area contributed by atoms with Gasteiger partial charge in [-0.3, -0.25) is 0 Å². The molecule has 17 unspecified atom stereocenters. The molecular formula is C100H167Cl3Li2Si8Zr+2. The van der Waals surface area contributed by atoms with Crippen LogP contribution in [0.5, 0.6) is 0 Å². The summed E-state index contributed by atoms with van der Waals surface area (Å²) in [6.07, 6.45) is 56.4. The summed E-state index contributed by atoms with van der Waals surface area (Å²) in [6.45, 7) is 63.5. The third kappa shape index (κ3) is 22.2. The van der Waals surface area contributed by atoms with E-state index in [1.165, 1.54) is 68.6 Å². The Morgan fingerprint density at radius 1 is 0.368 bits per heavy atom. The molecule has 114 heavy (non-hydrogen) atoms. The van der Waals surface area contributed by atoms with Gasteiger partial charge in [0.15, 0.2) is 0 Å². The minimum Gasteiger partial charge on any atom is 1.00 e. The Kier molecular flexibility index (Phi) is 36.1. The number of halogens is 3. The van der Waals surface area contributed by atoms with Crippen LogP contribution in [-0.4, -0.2) is 60.0 Å². The topological polar surface area (TPSA) is 0 Å². The molecule has 17 atom stereocenters. The molecular weight excluding hydrogens is 1640 g/mol. The van der Waals surface area contributed by atoms with Gasteiger partial charge >= 0.3 is 75.6 Å². The molecule has 0 N–H and O–H groups in total. The number of rotatable bonds is 14. The van der Waals surface area contributed by atoms with E-state index in [2.05, 4.69) is 282 Å². The van der Waals surface area contributed by atoms with Crippen molar-refractivity contribution in [2.75, 3.05) is 0 Å². The minimum atomic E-state index is -1.63.